The normalized spacial score (nSPS) is 9.85. The number of nitro groups is 1. The van der Waals surface area contributed by atoms with Crippen molar-refractivity contribution in [3.8, 4) is 0 Å². The van der Waals surface area contributed by atoms with Crippen LogP contribution in [0.2, 0.25) is 0 Å². The Morgan fingerprint density at radius 2 is 2.10 bits per heavy atom. The van der Waals surface area contributed by atoms with E-state index < -0.39 is 16.9 Å². The van der Waals surface area contributed by atoms with Gasteiger partial charge in [0, 0.05) is 18.7 Å². The number of nitrogens with zero attached hydrogens (tertiary/aromatic N) is 1. The summed E-state index contributed by atoms with van der Waals surface area (Å²) in [4.78, 5) is 32.6. The van der Waals surface area contributed by atoms with E-state index >= 15 is 0 Å². The number of amides is 2. The van der Waals surface area contributed by atoms with Gasteiger partial charge in [0.05, 0.1) is 16.2 Å². The van der Waals surface area contributed by atoms with Gasteiger partial charge in [0.25, 0.3) is 5.69 Å². The number of carboxylic acids is 1. The van der Waals surface area contributed by atoms with Crippen LogP contribution in [0.3, 0.4) is 0 Å². The zero-order valence-electron chi connectivity index (χ0n) is 10.9. The molecule has 1 rings (SSSR count). The van der Waals surface area contributed by atoms with Gasteiger partial charge in [0.2, 0.25) is 0 Å². The highest BCUT2D eigenvalue weighted by Crippen LogP contribution is 2.22. The third-order valence-electron chi connectivity index (χ3n) is 2.51. The van der Waals surface area contributed by atoms with Crippen LogP contribution in [-0.4, -0.2) is 28.6 Å². The van der Waals surface area contributed by atoms with E-state index in [1.165, 1.54) is 0 Å². The van der Waals surface area contributed by atoms with Gasteiger partial charge in [-0.1, -0.05) is 13.3 Å². The van der Waals surface area contributed by atoms with Crippen LogP contribution in [0.1, 0.15) is 30.1 Å². The maximum atomic E-state index is 11.6. The van der Waals surface area contributed by atoms with E-state index in [1.54, 1.807) is 0 Å². The Morgan fingerprint density at radius 3 is 2.65 bits per heavy atom. The summed E-state index contributed by atoms with van der Waals surface area (Å²) in [6, 6.07) is 2.58. The Morgan fingerprint density at radius 1 is 1.40 bits per heavy atom. The Kier molecular flexibility index (Phi) is 5.45. The molecule has 1 aromatic rings. The number of rotatable bonds is 6. The molecule has 8 nitrogen and oxygen atoms in total. The average Bonchev–Trinajstić information content (AvgIpc) is 2.38. The Bertz CT molecular complexity index is 530. The van der Waals surface area contributed by atoms with Crippen LogP contribution in [0, 0.1) is 10.1 Å². The van der Waals surface area contributed by atoms with Crippen LogP contribution < -0.4 is 10.6 Å². The first-order valence-corrected chi connectivity index (χ1v) is 6.02. The summed E-state index contributed by atoms with van der Waals surface area (Å²) in [5.41, 5.74) is -0.610. The van der Waals surface area contributed by atoms with Gasteiger partial charge < -0.3 is 15.7 Å². The molecule has 0 fully saturated rings. The molecular formula is C12H15N3O5. The van der Waals surface area contributed by atoms with Gasteiger partial charge in [-0.25, -0.2) is 9.59 Å². The minimum atomic E-state index is -1.27. The number of carbonyl (C=O) groups is 2. The second-order valence-corrected chi connectivity index (χ2v) is 4.03. The van der Waals surface area contributed by atoms with Crippen molar-refractivity contribution >= 4 is 23.4 Å². The molecule has 0 aliphatic carbocycles. The standard InChI is InChI=1S/C12H15N3O5/c1-2-3-6-13-12(18)14-10-7-8(15(19)20)4-5-9(10)11(16)17/h4-5,7H,2-3,6H2,1H3,(H,16,17)(H2,13,14,18). The van der Waals surface area contributed by atoms with Crippen molar-refractivity contribution in [3.05, 3.63) is 33.9 Å². The Labute approximate surface area is 114 Å². The summed E-state index contributed by atoms with van der Waals surface area (Å²) in [6.45, 7) is 2.41. The number of nitrogens with one attached hydrogen (secondary N) is 2. The predicted molar refractivity (Wildman–Crippen MR) is 72.0 cm³/mol. The fourth-order valence-corrected chi connectivity index (χ4v) is 1.48. The number of hydrogen-bond acceptors (Lipinski definition) is 4. The van der Waals surface area contributed by atoms with Crippen LogP contribution in [0.5, 0.6) is 0 Å². The molecule has 0 bridgehead atoms. The smallest absolute Gasteiger partial charge is 0.337 e. The fourth-order valence-electron chi connectivity index (χ4n) is 1.48. The molecule has 3 N–H and O–H groups in total. The van der Waals surface area contributed by atoms with Gasteiger partial charge in [-0.3, -0.25) is 10.1 Å². The lowest BCUT2D eigenvalue weighted by Gasteiger charge is -2.09. The maximum Gasteiger partial charge on any atom is 0.337 e. The summed E-state index contributed by atoms with van der Waals surface area (Å²) in [7, 11) is 0. The van der Waals surface area contributed by atoms with Crippen molar-refractivity contribution in [2.24, 2.45) is 0 Å². The second kappa shape index (κ2) is 7.07. The highest BCUT2D eigenvalue weighted by molar-refractivity contribution is 6.00. The molecule has 8 heteroatoms. The quantitative estimate of drug-likeness (QED) is 0.419. The number of non-ortho nitro benzene ring substituents is 1. The molecule has 0 saturated heterocycles. The van der Waals surface area contributed by atoms with Crippen LogP contribution in [0.4, 0.5) is 16.2 Å². The molecule has 0 radical (unpaired) electrons. The van der Waals surface area contributed by atoms with Gasteiger partial charge in [0.15, 0.2) is 0 Å². The molecule has 0 heterocycles. The summed E-state index contributed by atoms with van der Waals surface area (Å²) >= 11 is 0. The predicted octanol–water partition coefficient (Wildman–Crippen LogP) is 2.21. The van der Waals surface area contributed by atoms with E-state index in [9.17, 15) is 19.7 Å². The Balaban J connectivity index is 2.90. The number of anilines is 1. The van der Waals surface area contributed by atoms with E-state index in [1.807, 2.05) is 6.92 Å². The van der Waals surface area contributed by atoms with Crippen molar-refractivity contribution in [1.82, 2.24) is 5.32 Å². The van der Waals surface area contributed by atoms with E-state index in [0.717, 1.165) is 31.0 Å². The zero-order chi connectivity index (χ0) is 15.1. The van der Waals surface area contributed by atoms with Gasteiger partial charge in [-0.15, -0.1) is 0 Å². The second-order valence-electron chi connectivity index (χ2n) is 4.03. The first kappa shape index (κ1) is 15.4. The van der Waals surface area contributed by atoms with Gasteiger partial charge >= 0.3 is 12.0 Å². The number of unbranched alkanes of at least 4 members (excludes halogenated alkanes) is 1. The van der Waals surface area contributed by atoms with Crippen molar-refractivity contribution in [3.63, 3.8) is 0 Å². The van der Waals surface area contributed by atoms with E-state index in [2.05, 4.69) is 10.6 Å². The number of nitro benzene ring substituents is 1. The monoisotopic (exact) mass is 281 g/mol. The molecule has 0 aliphatic rings. The van der Waals surface area contributed by atoms with Gasteiger partial charge in [-0.05, 0) is 12.5 Å². The molecule has 0 atom stereocenters. The third kappa shape index (κ3) is 4.23. The average molecular weight is 281 g/mol. The van der Waals surface area contributed by atoms with Crippen LogP contribution in [-0.2, 0) is 0 Å². The van der Waals surface area contributed by atoms with Crippen molar-refractivity contribution < 1.29 is 19.6 Å². The van der Waals surface area contributed by atoms with Crippen molar-refractivity contribution in [2.75, 3.05) is 11.9 Å². The minimum Gasteiger partial charge on any atom is -0.478 e. The molecule has 0 saturated carbocycles. The molecule has 20 heavy (non-hydrogen) atoms. The summed E-state index contributed by atoms with van der Waals surface area (Å²) in [5, 5.41) is 24.5. The van der Waals surface area contributed by atoms with Crippen molar-refractivity contribution in [1.29, 1.82) is 0 Å². The van der Waals surface area contributed by atoms with Crippen molar-refractivity contribution in [2.45, 2.75) is 19.8 Å². The number of benzene rings is 1. The van der Waals surface area contributed by atoms with Crippen LogP contribution in [0.15, 0.2) is 18.2 Å². The highest BCUT2D eigenvalue weighted by Gasteiger charge is 2.16. The zero-order valence-corrected chi connectivity index (χ0v) is 10.9. The summed E-state index contributed by atoms with van der Waals surface area (Å²) in [6.07, 6.45) is 1.69. The molecule has 0 spiro atoms. The number of carbonyl (C=O) groups excluding carboxylic acids is 1. The molecule has 1 aromatic carbocycles. The molecule has 108 valence electrons. The lowest BCUT2D eigenvalue weighted by atomic mass is 10.1. The first-order chi connectivity index (χ1) is 9.45. The summed E-state index contributed by atoms with van der Waals surface area (Å²) in [5.74, 6) is -1.27. The Hall–Kier alpha value is -2.64. The topological polar surface area (TPSA) is 122 Å². The SMILES string of the molecule is CCCCNC(=O)Nc1cc([N+](=O)[O-])ccc1C(=O)O. The van der Waals surface area contributed by atoms with Gasteiger partial charge in [-0.2, -0.15) is 0 Å². The first-order valence-electron chi connectivity index (χ1n) is 6.02. The van der Waals surface area contributed by atoms with E-state index in [-0.39, 0.29) is 16.9 Å². The highest BCUT2D eigenvalue weighted by atomic mass is 16.6. The van der Waals surface area contributed by atoms with Crippen LogP contribution >= 0.6 is 0 Å². The largest absolute Gasteiger partial charge is 0.478 e. The molecule has 0 unspecified atom stereocenters. The van der Waals surface area contributed by atoms with E-state index in [0.29, 0.717) is 6.54 Å². The minimum absolute atomic E-state index is 0.110. The molecule has 0 aromatic heterocycles. The lowest BCUT2D eigenvalue weighted by Crippen LogP contribution is -2.30. The molecular weight excluding hydrogens is 266 g/mol. The molecule has 0 aliphatic heterocycles. The number of aromatic carboxylic acids is 1. The van der Waals surface area contributed by atoms with Gasteiger partial charge in [0.1, 0.15) is 0 Å². The maximum absolute atomic E-state index is 11.6. The number of urea groups is 1. The number of carboxylic acid groups (broad SMARTS) is 1. The lowest BCUT2D eigenvalue weighted by molar-refractivity contribution is -0.384. The van der Waals surface area contributed by atoms with E-state index in [4.69, 9.17) is 5.11 Å². The fraction of sp³-hybridized carbons (Fsp3) is 0.333. The third-order valence-corrected chi connectivity index (χ3v) is 2.51. The summed E-state index contributed by atoms with van der Waals surface area (Å²) < 4.78 is 0. The number of hydrogen-bond donors (Lipinski definition) is 3. The molecule has 2 amide bonds. The van der Waals surface area contributed by atoms with Crippen LogP contribution in [0.25, 0.3) is 0 Å².